The quantitative estimate of drug-likeness (QED) is 0.163. The number of ketones is 1. The first-order chi connectivity index (χ1) is 23.0. The summed E-state index contributed by atoms with van der Waals surface area (Å²) in [7, 11) is 0. The van der Waals surface area contributed by atoms with Crippen LogP contribution in [0.15, 0.2) is 0 Å². The van der Waals surface area contributed by atoms with E-state index in [-0.39, 0.29) is 30.4 Å². The number of urea groups is 1. The molecule has 0 aromatic heterocycles. The Kier molecular flexibility index (Phi) is 14.3. The van der Waals surface area contributed by atoms with Gasteiger partial charge in [-0.15, -0.1) is 0 Å². The number of ether oxygens (including phenoxy) is 1. The lowest BCUT2D eigenvalue weighted by molar-refractivity contribution is -0.145. The summed E-state index contributed by atoms with van der Waals surface area (Å²) in [5, 5.41) is 14.1. The van der Waals surface area contributed by atoms with Gasteiger partial charge in [0.05, 0.1) is 12.1 Å². The molecule has 6 amide bonds. The molecule has 2 saturated carbocycles. The number of alkyl carbamates (subject to hydrolysis) is 1. The van der Waals surface area contributed by atoms with E-state index in [4.69, 9.17) is 4.74 Å². The van der Waals surface area contributed by atoms with Crippen molar-refractivity contribution in [3.63, 3.8) is 0 Å². The Morgan fingerprint density at radius 2 is 1.57 bits per heavy atom. The van der Waals surface area contributed by atoms with Crippen LogP contribution in [-0.2, 0) is 23.9 Å². The Bertz CT molecular complexity index is 1190. The zero-order valence-electron chi connectivity index (χ0n) is 31.0. The first-order valence-corrected chi connectivity index (χ1v) is 18.5. The van der Waals surface area contributed by atoms with Crippen LogP contribution in [0.1, 0.15) is 120 Å². The summed E-state index contributed by atoms with van der Waals surface area (Å²) in [5.41, 5.74) is -1.03. The molecule has 1 aliphatic heterocycles. The second-order valence-corrected chi connectivity index (χ2v) is 15.9. The molecule has 5 atom stereocenters. The van der Waals surface area contributed by atoms with Gasteiger partial charge in [0.1, 0.15) is 18.7 Å². The first kappa shape index (κ1) is 40.1. The van der Waals surface area contributed by atoms with Gasteiger partial charge in [0.2, 0.25) is 17.6 Å². The fourth-order valence-electron chi connectivity index (χ4n) is 7.10. The molecule has 5 N–H and O–H groups in total. The minimum Gasteiger partial charge on any atom is -0.447 e. The summed E-state index contributed by atoms with van der Waals surface area (Å²) in [6.45, 7) is 16.2. The maximum atomic E-state index is 14.7. The second-order valence-electron chi connectivity index (χ2n) is 15.9. The third kappa shape index (κ3) is 11.1. The van der Waals surface area contributed by atoms with E-state index in [0.29, 0.717) is 32.4 Å². The highest BCUT2D eigenvalue weighted by molar-refractivity contribution is 6.38. The minimum atomic E-state index is -0.992. The van der Waals surface area contributed by atoms with Crippen molar-refractivity contribution in [3.05, 3.63) is 0 Å². The Morgan fingerprint density at radius 3 is 2.12 bits per heavy atom. The van der Waals surface area contributed by atoms with E-state index in [1.54, 1.807) is 11.8 Å². The molecule has 49 heavy (non-hydrogen) atoms. The number of Topliss-reactive ketones (excluding diaryl/α,β-unsaturated/α-hetero) is 1. The highest BCUT2D eigenvalue weighted by Crippen LogP contribution is 2.41. The number of hydrogen-bond donors (Lipinski definition) is 5. The van der Waals surface area contributed by atoms with Gasteiger partial charge >= 0.3 is 12.1 Å². The highest BCUT2D eigenvalue weighted by Gasteiger charge is 2.50. The molecule has 0 bridgehead atoms. The highest BCUT2D eigenvalue weighted by atomic mass is 16.5. The Balaban J connectivity index is 1.86. The molecule has 3 fully saturated rings. The second kappa shape index (κ2) is 17.5. The maximum absolute atomic E-state index is 14.7. The number of nitrogens with zero attached hydrogens (tertiary/aromatic N) is 1. The average molecular weight is 691 g/mol. The van der Waals surface area contributed by atoms with Crippen molar-refractivity contribution in [2.75, 3.05) is 19.7 Å². The van der Waals surface area contributed by atoms with Gasteiger partial charge in [0.25, 0.3) is 5.91 Å². The molecule has 1 saturated heterocycles. The lowest BCUT2D eigenvalue weighted by atomic mass is 9.70. The molecule has 1 heterocycles. The summed E-state index contributed by atoms with van der Waals surface area (Å²) in [6.07, 6.45) is 6.90. The monoisotopic (exact) mass is 690 g/mol. The van der Waals surface area contributed by atoms with Crippen molar-refractivity contribution in [1.29, 1.82) is 0 Å². The SMILES string of the molecule is CCCC(NC(=O)C1[C@@H](C(C)C)CCN1C(=O)[C@@H](NC(=O)N[C@H](COC(=O)NCC)C(C)(C)C)C1(C)CCCCC1)C(=O)C(=O)NC1CC1. The van der Waals surface area contributed by atoms with Crippen molar-refractivity contribution in [1.82, 2.24) is 31.5 Å². The molecule has 0 aromatic rings. The number of carbonyl (C=O) groups is 6. The van der Waals surface area contributed by atoms with Crippen LogP contribution in [0.2, 0.25) is 0 Å². The third-order valence-electron chi connectivity index (χ3n) is 10.5. The van der Waals surface area contributed by atoms with E-state index >= 15 is 0 Å². The molecule has 13 nitrogen and oxygen atoms in total. The van der Waals surface area contributed by atoms with Crippen LogP contribution < -0.4 is 26.6 Å². The average Bonchev–Trinajstić information content (AvgIpc) is 3.73. The van der Waals surface area contributed by atoms with E-state index in [1.165, 1.54) is 0 Å². The predicted molar refractivity (Wildman–Crippen MR) is 186 cm³/mol. The lowest BCUT2D eigenvalue weighted by Crippen LogP contribution is -2.63. The molecule has 3 aliphatic rings. The summed E-state index contributed by atoms with van der Waals surface area (Å²) in [6, 6.07) is -3.87. The van der Waals surface area contributed by atoms with Gasteiger partial charge in [-0.2, -0.15) is 0 Å². The smallest absolute Gasteiger partial charge is 0.407 e. The van der Waals surface area contributed by atoms with Gasteiger partial charge < -0.3 is 36.2 Å². The van der Waals surface area contributed by atoms with Crippen molar-refractivity contribution >= 4 is 35.6 Å². The van der Waals surface area contributed by atoms with Crippen molar-refractivity contribution in [2.45, 2.75) is 150 Å². The lowest BCUT2D eigenvalue weighted by Gasteiger charge is -2.43. The van der Waals surface area contributed by atoms with Crippen LogP contribution in [-0.4, -0.2) is 90.4 Å². The number of amides is 6. The fourth-order valence-corrected chi connectivity index (χ4v) is 7.10. The van der Waals surface area contributed by atoms with E-state index in [1.807, 2.05) is 48.5 Å². The Hall–Kier alpha value is -3.38. The van der Waals surface area contributed by atoms with Crippen LogP contribution in [0, 0.1) is 22.7 Å². The van der Waals surface area contributed by atoms with Gasteiger partial charge in [0, 0.05) is 19.1 Å². The number of carbonyl (C=O) groups excluding carboxylic acids is 6. The zero-order valence-corrected chi connectivity index (χ0v) is 31.0. The number of likely N-dealkylation sites (tertiary alicyclic amines) is 1. The molecular formula is C36H62N6O7. The van der Waals surface area contributed by atoms with Gasteiger partial charge in [-0.25, -0.2) is 9.59 Å². The van der Waals surface area contributed by atoms with E-state index < -0.39 is 64.7 Å². The van der Waals surface area contributed by atoms with Crippen molar-refractivity contribution in [2.24, 2.45) is 22.7 Å². The molecule has 0 radical (unpaired) electrons. The number of nitrogens with one attached hydrogen (secondary N) is 5. The maximum Gasteiger partial charge on any atom is 0.407 e. The zero-order chi connectivity index (χ0) is 36.5. The topological polar surface area (TPSA) is 175 Å². The van der Waals surface area contributed by atoms with Crippen molar-refractivity contribution in [3.8, 4) is 0 Å². The predicted octanol–water partition coefficient (Wildman–Crippen LogP) is 3.79. The fraction of sp³-hybridized carbons (Fsp3) is 0.833. The molecule has 278 valence electrons. The number of hydrogen-bond acceptors (Lipinski definition) is 7. The Morgan fingerprint density at radius 1 is 0.918 bits per heavy atom. The standard InChI is InChI=1S/C36H62N6O7/c1-9-14-25(28(43)31(45)38-23-15-16-23)39-30(44)27-24(22(3)4)17-20-42(27)32(46)29(36(8)18-12-11-13-19-36)41-33(47)40-26(35(5,6)7)21-49-34(48)37-10-2/h22-27,29H,9-21H2,1-8H3,(H,37,48)(H,38,45)(H,39,44)(H2,40,41,47)/t24-,25?,26-,27?,29-/m1/s1. The summed E-state index contributed by atoms with van der Waals surface area (Å²) in [4.78, 5) is 81.9. The molecule has 13 heteroatoms. The minimum absolute atomic E-state index is 0.0113. The van der Waals surface area contributed by atoms with Gasteiger partial charge in [-0.1, -0.05) is 74.1 Å². The van der Waals surface area contributed by atoms with Crippen LogP contribution in [0.5, 0.6) is 0 Å². The van der Waals surface area contributed by atoms with Crippen LogP contribution >= 0.6 is 0 Å². The number of rotatable bonds is 15. The van der Waals surface area contributed by atoms with Crippen molar-refractivity contribution < 1.29 is 33.5 Å². The van der Waals surface area contributed by atoms with Gasteiger partial charge in [-0.3, -0.25) is 19.2 Å². The Labute approximate surface area is 292 Å². The normalized spacial score (nSPS) is 22.3. The summed E-state index contributed by atoms with van der Waals surface area (Å²) in [5.74, 6) is -2.26. The molecule has 0 spiro atoms. The van der Waals surface area contributed by atoms with Gasteiger partial charge in [0.15, 0.2) is 0 Å². The molecule has 3 rings (SSSR count). The van der Waals surface area contributed by atoms with Crippen LogP contribution in [0.4, 0.5) is 9.59 Å². The molecule has 0 aromatic carbocycles. The van der Waals surface area contributed by atoms with Crippen LogP contribution in [0.3, 0.4) is 0 Å². The first-order valence-electron chi connectivity index (χ1n) is 18.5. The summed E-state index contributed by atoms with van der Waals surface area (Å²) < 4.78 is 5.36. The third-order valence-corrected chi connectivity index (χ3v) is 10.5. The molecular weight excluding hydrogens is 628 g/mol. The van der Waals surface area contributed by atoms with E-state index in [2.05, 4.69) is 26.6 Å². The van der Waals surface area contributed by atoms with E-state index in [9.17, 15) is 28.8 Å². The molecule has 2 unspecified atom stereocenters. The molecule has 2 aliphatic carbocycles. The van der Waals surface area contributed by atoms with E-state index in [0.717, 1.165) is 44.9 Å². The van der Waals surface area contributed by atoms with Crippen LogP contribution in [0.25, 0.3) is 0 Å². The largest absolute Gasteiger partial charge is 0.447 e. The summed E-state index contributed by atoms with van der Waals surface area (Å²) >= 11 is 0. The van der Waals surface area contributed by atoms with Gasteiger partial charge in [-0.05, 0) is 68.1 Å².